The Hall–Kier alpha value is -3.36. The zero-order valence-corrected chi connectivity index (χ0v) is 23.6. The number of hydrogen-bond donors (Lipinski definition) is 0. The molecule has 3 aromatic rings. The van der Waals surface area contributed by atoms with E-state index in [-0.39, 0.29) is 18.4 Å². The molecule has 0 aliphatic carbocycles. The topological polar surface area (TPSA) is 68.3 Å². The number of nitrogens with zero attached hydrogens (tertiary/aromatic N) is 2. The predicted molar refractivity (Wildman–Crippen MR) is 151 cm³/mol. The molecular formula is C30H38N2O5S. The number of carbonyl (C=O) groups excluding carboxylic acids is 2. The Morgan fingerprint density at radius 1 is 0.895 bits per heavy atom. The maximum Gasteiger partial charge on any atom is 0.254 e. The third-order valence-corrected chi connectivity index (χ3v) is 7.15. The molecule has 0 N–H and O–H groups in total. The number of amides is 2. The summed E-state index contributed by atoms with van der Waals surface area (Å²) in [6.07, 6.45) is 1.31. The summed E-state index contributed by atoms with van der Waals surface area (Å²) in [5.74, 6) is 1.09. The van der Waals surface area contributed by atoms with Gasteiger partial charge in [-0.25, -0.2) is 0 Å². The lowest BCUT2D eigenvalue weighted by Gasteiger charge is -2.28. The van der Waals surface area contributed by atoms with Gasteiger partial charge in [-0.15, -0.1) is 11.3 Å². The van der Waals surface area contributed by atoms with E-state index in [9.17, 15) is 9.59 Å². The van der Waals surface area contributed by atoms with Gasteiger partial charge in [-0.2, -0.15) is 0 Å². The van der Waals surface area contributed by atoms with Crippen LogP contribution >= 0.6 is 11.3 Å². The summed E-state index contributed by atoms with van der Waals surface area (Å²) in [5.41, 5.74) is 1.61. The summed E-state index contributed by atoms with van der Waals surface area (Å²) in [7, 11) is 3.22. The van der Waals surface area contributed by atoms with Crippen LogP contribution in [0.2, 0.25) is 0 Å². The molecule has 0 unspecified atom stereocenters. The van der Waals surface area contributed by atoms with Gasteiger partial charge in [0.2, 0.25) is 5.91 Å². The number of carbonyl (C=O) groups is 2. The fourth-order valence-corrected chi connectivity index (χ4v) is 5.04. The van der Waals surface area contributed by atoms with Gasteiger partial charge in [0.15, 0.2) is 11.5 Å². The minimum absolute atomic E-state index is 0.0101. The average molecular weight is 539 g/mol. The molecule has 0 bridgehead atoms. The summed E-state index contributed by atoms with van der Waals surface area (Å²) >= 11 is 1.68. The van der Waals surface area contributed by atoms with E-state index < -0.39 is 0 Å². The third kappa shape index (κ3) is 8.60. The predicted octanol–water partition coefficient (Wildman–Crippen LogP) is 5.21. The first-order valence-corrected chi connectivity index (χ1v) is 13.7. The molecule has 204 valence electrons. The van der Waals surface area contributed by atoms with Crippen LogP contribution in [0.15, 0.2) is 60.7 Å². The maximum absolute atomic E-state index is 13.7. The van der Waals surface area contributed by atoms with Gasteiger partial charge in [-0.1, -0.05) is 24.3 Å². The molecule has 2 aromatic carbocycles. The first-order chi connectivity index (χ1) is 18.4. The SMILES string of the molecule is CCOCCCN(CC(=O)N(CCc1ccc(OC)c(OC)c1)Cc1ccc(C)s1)C(=O)c1ccccc1. The Labute approximate surface area is 229 Å². The summed E-state index contributed by atoms with van der Waals surface area (Å²) in [5, 5.41) is 0. The number of thiophene rings is 1. The zero-order chi connectivity index (χ0) is 27.3. The van der Waals surface area contributed by atoms with Gasteiger partial charge in [-0.3, -0.25) is 9.59 Å². The van der Waals surface area contributed by atoms with Crippen LogP contribution in [0.5, 0.6) is 11.5 Å². The smallest absolute Gasteiger partial charge is 0.254 e. The van der Waals surface area contributed by atoms with Crippen molar-refractivity contribution in [2.75, 3.05) is 47.1 Å². The molecule has 0 radical (unpaired) electrons. The number of benzene rings is 2. The Morgan fingerprint density at radius 2 is 1.66 bits per heavy atom. The molecule has 0 aliphatic rings. The molecule has 0 spiro atoms. The van der Waals surface area contributed by atoms with Crippen LogP contribution in [0.3, 0.4) is 0 Å². The average Bonchev–Trinajstić information content (AvgIpc) is 3.36. The number of methoxy groups -OCH3 is 2. The lowest BCUT2D eigenvalue weighted by Crippen LogP contribution is -2.44. The number of rotatable bonds is 15. The van der Waals surface area contributed by atoms with E-state index in [1.54, 1.807) is 42.6 Å². The summed E-state index contributed by atoms with van der Waals surface area (Å²) in [4.78, 5) is 32.8. The Balaban J connectivity index is 1.77. The Morgan fingerprint density at radius 3 is 2.32 bits per heavy atom. The molecule has 3 rings (SSSR count). The molecule has 38 heavy (non-hydrogen) atoms. The van der Waals surface area contributed by atoms with Crippen LogP contribution in [-0.2, 0) is 22.5 Å². The van der Waals surface area contributed by atoms with Gasteiger partial charge < -0.3 is 24.0 Å². The highest BCUT2D eigenvalue weighted by atomic mass is 32.1. The Kier molecular flexibility index (Phi) is 11.6. The van der Waals surface area contributed by atoms with Crippen molar-refractivity contribution in [1.82, 2.24) is 9.80 Å². The molecule has 0 fully saturated rings. The highest BCUT2D eigenvalue weighted by Crippen LogP contribution is 2.28. The standard InChI is InChI=1S/C30H38N2O5S/c1-5-37-19-9-17-32(30(34)25-10-7-6-8-11-25)22-29(33)31(21-26-14-12-23(2)38-26)18-16-24-13-15-27(35-3)28(20-24)36-4/h6-8,10-15,20H,5,9,16-19,21-22H2,1-4H3. The first kappa shape index (κ1) is 29.2. The van der Waals surface area contributed by atoms with E-state index in [1.807, 2.05) is 48.2 Å². The lowest BCUT2D eigenvalue weighted by molar-refractivity contribution is -0.132. The van der Waals surface area contributed by atoms with Crippen molar-refractivity contribution < 1.29 is 23.8 Å². The quantitative estimate of drug-likeness (QED) is 0.248. The molecule has 1 aromatic heterocycles. The largest absolute Gasteiger partial charge is 0.493 e. The van der Waals surface area contributed by atoms with Crippen LogP contribution in [0.1, 0.15) is 39.0 Å². The monoisotopic (exact) mass is 538 g/mol. The lowest BCUT2D eigenvalue weighted by atomic mass is 10.1. The van der Waals surface area contributed by atoms with Crippen molar-refractivity contribution in [3.8, 4) is 11.5 Å². The van der Waals surface area contributed by atoms with Crippen molar-refractivity contribution in [2.45, 2.75) is 33.2 Å². The molecule has 0 saturated heterocycles. The first-order valence-electron chi connectivity index (χ1n) is 12.9. The molecule has 0 atom stereocenters. The third-order valence-electron chi connectivity index (χ3n) is 6.17. The fourth-order valence-electron chi connectivity index (χ4n) is 4.13. The molecular weight excluding hydrogens is 500 g/mol. The van der Waals surface area contributed by atoms with Crippen LogP contribution in [0.4, 0.5) is 0 Å². The summed E-state index contributed by atoms with van der Waals surface area (Å²) in [6, 6.07) is 19.0. The van der Waals surface area contributed by atoms with Crippen molar-refractivity contribution in [3.63, 3.8) is 0 Å². The number of hydrogen-bond acceptors (Lipinski definition) is 6. The van der Waals surface area contributed by atoms with Crippen LogP contribution < -0.4 is 9.47 Å². The van der Waals surface area contributed by atoms with Crippen molar-refractivity contribution >= 4 is 23.2 Å². The maximum atomic E-state index is 13.7. The van der Waals surface area contributed by atoms with E-state index in [4.69, 9.17) is 14.2 Å². The second kappa shape index (κ2) is 15.1. The minimum Gasteiger partial charge on any atom is -0.493 e. The van der Waals surface area contributed by atoms with E-state index in [1.165, 1.54) is 4.88 Å². The number of aryl methyl sites for hydroxylation is 1. The molecule has 8 heteroatoms. The Bertz CT molecular complexity index is 1160. The van der Waals surface area contributed by atoms with Gasteiger partial charge in [0.05, 0.1) is 20.8 Å². The van der Waals surface area contributed by atoms with Crippen LogP contribution in [-0.4, -0.2) is 68.7 Å². The second-order valence-electron chi connectivity index (χ2n) is 8.91. The molecule has 2 amide bonds. The molecule has 1 heterocycles. The van der Waals surface area contributed by atoms with E-state index in [0.717, 1.165) is 10.4 Å². The van der Waals surface area contributed by atoms with Crippen molar-refractivity contribution in [3.05, 3.63) is 81.5 Å². The highest BCUT2D eigenvalue weighted by Gasteiger charge is 2.23. The van der Waals surface area contributed by atoms with Gasteiger partial charge >= 0.3 is 0 Å². The van der Waals surface area contributed by atoms with Gasteiger partial charge in [-0.05, 0) is 68.7 Å². The van der Waals surface area contributed by atoms with Crippen LogP contribution in [0.25, 0.3) is 0 Å². The van der Waals surface area contributed by atoms with E-state index >= 15 is 0 Å². The summed E-state index contributed by atoms with van der Waals surface area (Å²) in [6.45, 7) is 6.63. The van der Waals surface area contributed by atoms with Gasteiger partial charge in [0.25, 0.3) is 5.91 Å². The molecule has 7 nitrogen and oxygen atoms in total. The minimum atomic E-state index is -0.151. The molecule has 0 saturated carbocycles. The second-order valence-corrected chi connectivity index (χ2v) is 10.3. The van der Waals surface area contributed by atoms with Gasteiger partial charge in [0, 0.05) is 41.6 Å². The van der Waals surface area contributed by atoms with Crippen molar-refractivity contribution in [1.29, 1.82) is 0 Å². The highest BCUT2D eigenvalue weighted by molar-refractivity contribution is 7.11. The normalized spacial score (nSPS) is 10.7. The zero-order valence-electron chi connectivity index (χ0n) is 22.8. The summed E-state index contributed by atoms with van der Waals surface area (Å²) < 4.78 is 16.3. The van der Waals surface area contributed by atoms with Gasteiger partial charge in [0.1, 0.15) is 6.54 Å². The fraction of sp³-hybridized carbons (Fsp3) is 0.400. The van der Waals surface area contributed by atoms with Crippen LogP contribution in [0, 0.1) is 6.92 Å². The van der Waals surface area contributed by atoms with Crippen molar-refractivity contribution in [2.24, 2.45) is 0 Å². The van der Waals surface area contributed by atoms with E-state index in [0.29, 0.717) is 62.8 Å². The number of ether oxygens (including phenoxy) is 3. The van der Waals surface area contributed by atoms with E-state index in [2.05, 4.69) is 19.1 Å². The molecule has 0 aliphatic heterocycles.